The van der Waals surface area contributed by atoms with E-state index in [9.17, 15) is 9.59 Å². The Morgan fingerprint density at radius 2 is 2.20 bits per heavy atom. The summed E-state index contributed by atoms with van der Waals surface area (Å²) < 4.78 is 0. The molecule has 1 fully saturated rings. The number of carboxylic acids is 1. The number of nitriles is 1. The molecule has 6 heteroatoms. The van der Waals surface area contributed by atoms with E-state index < -0.39 is 5.97 Å². The molecule has 112 valence electrons. The van der Waals surface area contributed by atoms with E-state index in [4.69, 9.17) is 10.4 Å². The van der Waals surface area contributed by atoms with Gasteiger partial charge in [0.15, 0.2) is 0 Å². The van der Waals surface area contributed by atoms with Gasteiger partial charge in [0.1, 0.15) is 0 Å². The highest BCUT2D eigenvalue weighted by Gasteiger charge is 2.33. The molecule has 0 aromatic rings. The van der Waals surface area contributed by atoms with Gasteiger partial charge < -0.3 is 15.3 Å². The quantitative estimate of drug-likeness (QED) is 0.774. The van der Waals surface area contributed by atoms with Crippen LogP contribution in [-0.2, 0) is 4.79 Å². The van der Waals surface area contributed by atoms with Crippen molar-refractivity contribution >= 4 is 12.0 Å². The van der Waals surface area contributed by atoms with E-state index in [1.807, 2.05) is 6.92 Å². The second kappa shape index (κ2) is 7.73. The zero-order valence-electron chi connectivity index (χ0n) is 12.1. The normalized spacial score (nSPS) is 22.9. The maximum atomic E-state index is 12.0. The molecule has 6 nitrogen and oxygen atoms in total. The summed E-state index contributed by atoms with van der Waals surface area (Å²) in [6.45, 7) is 4.95. The molecule has 1 aliphatic carbocycles. The molecule has 1 aliphatic rings. The van der Waals surface area contributed by atoms with E-state index in [0.29, 0.717) is 26.1 Å². The molecule has 20 heavy (non-hydrogen) atoms. The van der Waals surface area contributed by atoms with Crippen molar-refractivity contribution in [3.05, 3.63) is 0 Å². The van der Waals surface area contributed by atoms with E-state index in [0.717, 1.165) is 12.8 Å². The van der Waals surface area contributed by atoms with E-state index in [2.05, 4.69) is 11.4 Å². The monoisotopic (exact) mass is 281 g/mol. The molecule has 0 radical (unpaired) electrons. The smallest absolute Gasteiger partial charge is 0.317 e. The highest BCUT2D eigenvalue weighted by Crippen LogP contribution is 2.31. The van der Waals surface area contributed by atoms with E-state index in [1.165, 1.54) is 0 Å². The van der Waals surface area contributed by atoms with Crippen molar-refractivity contribution < 1.29 is 14.7 Å². The number of carbonyl (C=O) groups excluding carboxylic acids is 1. The number of carboxylic acid groups (broad SMARTS) is 1. The summed E-state index contributed by atoms with van der Waals surface area (Å²) in [5.74, 6) is -1.31. The first-order chi connectivity index (χ1) is 9.49. The van der Waals surface area contributed by atoms with E-state index >= 15 is 0 Å². The Bertz CT molecular complexity index is 392. The Balaban J connectivity index is 2.45. The Kier molecular flexibility index (Phi) is 6.29. The van der Waals surface area contributed by atoms with Gasteiger partial charge in [0.25, 0.3) is 0 Å². The minimum Gasteiger partial charge on any atom is -0.481 e. The highest BCUT2D eigenvalue weighted by atomic mass is 16.4. The number of hydrogen-bond donors (Lipinski definition) is 2. The summed E-state index contributed by atoms with van der Waals surface area (Å²) in [4.78, 5) is 24.7. The molecule has 0 heterocycles. The molecule has 2 amide bonds. The van der Waals surface area contributed by atoms with Crippen LogP contribution in [0.5, 0.6) is 0 Å². The lowest BCUT2D eigenvalue weighted by Crippen LogP contribution is -2.44. The second-order valence-corrected chi connectivity index (χ2v) is 5.39. The van der Waals surface area contributed by atoms with Crippen LogP contribution in [0, 0.1) is 29.1 Å². The van der Waals surface area contributed by atoms with Gasteiger partial charge in [-0.15, -0.1) is 0 Å². The molecule has 3 unspecified atom stereocenters. The Labute approximate surface area is 119 Å². The molecule has 1 saturated carbocycles. The van der Waals surface area contributed by atoms with Crippen LogP contribution in [0.15, 0.2) is 0 Å². The topological polar surface area (TPSA) is 93.4 Å². The number of nitrogens with one attached hydrogen (secondary N) is 1. The molecule has 1 rings (SSSR count). The van der Waals surface area contributed by atoms with Crippen LogP contribution in [0.1, 0.15) is 33.1 Å². The number of rotatable bonds is 6. The fourth-order valence-electron chi connectivity index (χ4n) is 2.66. The third kappa shape index (κ3) is 4.41. The fourth-order valence-corrected chi connectivity index (χ4v) is 2.66. The average molecular weight is 281 g/mol. The maximum absolute atomic E-state index is 12.0. The lowest BCUT2D eigenvalue weighted by Gasteiger charge is -2.24. The standard InChI is InChI=1S/C14H23N3O3/c1-3-17(9-10(2)7-15)14(20)16-8-11-5-4-6-12(11)13(18)19/h10-12H,3-6,8-9H2,1-2H3,(H,16,20)(H,18,19). The van der Waals surface area contributed by atoms with Crippen molar-refractivity contribution in [2.24, 2.45) is 17.8 Å². The second-order valence-electron chi connectivity index (χ2n) is 5.39. The highest BCUT2D eigenvalue weighted by molar-refractivity contribution is 5.74. The lowest BCUT2D eigenvalue weighted by atomic mass is 9.96. The van der Waals surface area contributed by atoms with E-state index in [-0.39, 0.29) is 23.8 Å². The van der Waals surface area contributed by atoms with Gasteiger partial charge in [0.05, 0.1) is 17.9 Å². The molecule has 2 N–H and O–H groups in total. The number of urea groups is 1. The lowest BCUT2D eigenvalue weighted by molar-refractivity contribution is -0.142. The minimum atomic E-state index is -0.771. The van der Waals surface area contributed by atoms with Crippen molar-refractivity contribution in [1.82, 2.24) is 10.2 Å². The van der Waals surface area contributed by atoms with Crippen LogP contribution < -0.4 is 5.32 Å². The summed E-state index contributed by atoms with van der Waals surface area (Å²) in [7, 11) is 0. The van der Waals surface area contributed by atoms with Gasteiger partial charge in [0.2, 0.25) is 0 Å². The Hall–Kier alpha value is -1.77. The van der Waals surface area contributed by atoms with Gasteiger partial charge in [-0.25, -0.2) is 4.79 Å². The van der Waals surface area contributed by atoms with Crippen molar-refractivity contribution in [2.45, 2.75) is 33.1 Å². The molecular formula is C14H23N3O3. The molecule has 0 aromatic carbocycles. The molecule has 3 atom stereocenters. The minimum absolute atomic E-state index is 0.0172. The number of aliphatic carboxylic acids is 1. The molecule has 0 spiro atoms. The molecule has 0 aliphatic heterocycles. The third-order valence-electron chi connectivity index (χ3n) is 3.88. The maximum Gasteiger partial charge on any atom is 0.317 e. The first kappa shape index (κ1) is 16.3. The third-order valence-corrected chi connectivity index (χ3v) is 3.88. The number of amides is 2. The first-order valence-corrected chi connectivity index (χ1v) is 7.14. The van der Waals surface area contributed by atoms with Crippen LogP contribution in [0.2, 0.25) is 0 Å². The van der Waals surface area contributed by atoms with Crippen LogP contribution >= 0.6 is 0 Å². The predicted octanol–water partition coefficient (Wildman–Crippen LogP) is 1.68. The molecule has 0 aromatic heterocycles. The first-order valence-electron chi connectivity index (χ1n) is 7.14. The van der Waals surface area contributed by atoms with Crippen LogP contribution in [0.4, 0.5) is 4.79 Å². The fraction of sp³-hybridized carbons (Fsp3) is 0.786. The van der Waals surface area contributed by atoms with Gasteiger partial charge in [-0.1, -0.05) is 6.42 Å². The van der Waals surface area contributed by atoms with Crippen molar-refractivity contribution in [2.75, 3.05) is 19.6 Å². The van der Waals surface area contributed by atoms with Gasteiger partial charge >= 0.3 is 12.0 Å². The SMILES string of the molecule is CCN(CC(C)C#N)C(=O)NCC1CCCC1C(=O)O. The zero-order valence-corrected chi connectivity index (χ0v) is 12.1. The molecular weight excluding hydrogens is 258 g/mol. The Morgan fingerprint density at radius 1 is 1.50 bits per heavy atom. The largest absolute Gasteiger partial charge is 0.481 e. The van der Waals surface area contributed by atoms with Gasteiger partial charge in [0, 0.05) is 19.6 Å². The van der Waals surface area contributed by atoms with Gasteiger partial charge in [-0.05, 0) is 32.6 Å². The predicted molar refractivity (Wildman–Crippen MR) is 73.9 cm³/mol. The number of nitrogens with zero attached hydrogens (tertiary/aromatic N) is 2. The van der Waals surface area contributed by atoms with Gasteiger partial charge in [-0.2, -0.15) is 5.26 Å². The number of carbonyl (C=O) groups is 2. The van der Waals surface area contributed by atoms with Crippen LogP contribution in [-0.4, -0.2) is 41.6 Å². The van der Waals surface area contributed by atoms with Crippen LogP contribution in [0.25, 0.3) is 0 Å². The van der Waals surface area contributed by atoms with Crippen molar-refractivity contribution in [3.63, 3.8) is 0 Å². The molecule has 0 bridgehead atoms. The zero-order chi connectivity index (χ0) is 15.1. The number of hydrogen-bond acceptors (Lipinski definition) is 3. The Morgan fingerprint density at radius 3 is 2.75 bits per heavy atom. The van der Waals surface area contributed by atoms with Crippen molar-refractivity contribution in [3.8, 4) is 6.07 Å². The summed E-state index contributed by atoms with van der Waals surface area (Å²) in [6, 6.07) is 1.89. The average Bonchev–Trinajstić information content (AvgIpc) is 2.90. The summed E-state index contributed by atoms with van der Waals surface area (Å²) in [5.41, 5.74) is 0. The summed E-state index contributed by atoms with van der Waals surface area (Å²) in [5, 5.41) is 20.7. The molecule has 0 saturated heterocycles. The summed E-state index contributed by atoms with van der Waals surface area (Å²) in [6.07, 6.45) is 2.44. The van der Waals surface area contributed by atoms with Crippen molar-refractivity contribution in [1.29, 1.82) is 5.26 Å². The summed E-state index contributed by atoms with van der Waals surface area (Å²) >= 11 is 0. The van der Waals surface area contributed by atoms with Crippen LogP contribution in [0.3, 0.4) is 0 Å². The van der Waals surface area contributed by atoms with E-state index in [1.54, 1.807) is 11.8 Å². The van der Waals surface area contributed by atoms with Gasteiger partial charge in [-0.3, -0.25) is 4.79 Å².